The standard InChI is InChI=1S/C10H14O2/c1-2-8-3-4-9(6-11)10(5-8)7-12/h3-5,11-12H,2,6-7H2,1H3. The number of hydrogen-bond donors (Lipinski definition) is 2. The number of rotatable bonds is 3. The van der Waals surface area contributed by atoms with Gasteiger partial charge in [0.05, 0.1) is 13.2 Å². The lowest BCUT2D eigenvalue weighted by Crippen LogP contribution is -1.95. The molecule has 0 heterocycles. The Morgan fingerprint density at radius 2 is 1.75 bits per heavy atom. The molecule has 0 unspecified atom stereocenters. The average Bonchev–Trinajstić information content (AvgIpc) is 2.16. The maximum Gasteiger partial charge on any atom is 0.0685 e. The van der Waals surface area contributed by atoms with E-state index in [-0.39, 0.29) is 13.2 Å². The first-order valence-corrected chi connectivity index (χ1v) is 4.14. The molecule has 2 nitrogen and oxygen atoms in total. The van der Waals surface area contributed by atoms with Crippen LogP contribution in [0.1, 0.15) is 23.6 Å². The lowest BCUT2D eigenvalue weighted by molar-refractivity contribution is 0.260. The molecule has 0 amide bonds. The van der Waals surface area contributed by atoms with Crippen LogP contribution in [0.15, 0.2) is 18.2 Å². The van der Waals surface area contributed by atoms with Crippen LogP contribution in [0.2, 0.25) is 0 Å². The van der Waals surface area contributed by atoms with Crippen molar-refractivity contribution < 1.29 is 10.2 Å². The first-order valence-electron chi connectivity index (χ1n) is 4.14. The third-order valence-electron chi connectivity index (χ3n) is 2.02. The molecule has 0 aliphatic carbocycles. The summed E-state index contributed by atoms with van der Waals surface area (Å²) in [6, 6.07) is 5.78. The Morgan fingerprint density at radius 1 is 1.08 bits per heavy atom. The fourth-order valence-corrected chi connectivity index (χ4v) is 1.20. The molecule has 2 N–H and O–H groups in total. The molecule has 12 heavy (non-hydrogen) atoms. The van der Waals surface area contributed by atoms with Crippen LogP contribution in [-0.2, 0) is 19.6 Å². The van der Waals surface area contributed by atoms with E-state index in [0.29, 0.717) is 0 Å². The van der Waals surface area contributed by atoms with Gasteiger partial charge < -0.3 is 10.2 Å². The molecule has 1 aromatic rings. The van der Waals surface area contributed by atoms with Gasteiger partial charge in [-0.25, -0.2) is 0 Å². The molecule has 0 saturated heterocycles. The summed E-state index contributed by atoms with van der Waals surface area (Å²) in [5.41, 5.74) is 2.84. The van der Waals surface area contributed by atoms with Crippen LogP contribution >= 0.6 is 0 Å². The van der Waals surface area contributed by atoms with E-state index in [2.05, 4.69) is 6.92 Å². The van der Waals surface area contributed by atoms with E-state index in [1.807, 2.05) is 18.2 Å². The van der Waals surface area contributed by atoms with Crippen molar-refractivity contribution in [2.45, 2.75) is 26.6 Å². The van der Waals surface area contributed by atoms with Crippen molar-refractivity contribution in [3.05, 3.63) is 34.9 Å². The molecule has 0 aliphatic rings. The summed E-state index contributed by atoms with van der Waals surface area (Å²) in [4.78, 5) is 0. The predicted octanol–water partition coefficient (Wildman–Crippen LogP) is 1.23. The topological polar surface area (TPSA) is 40.5 Å². The molecule has 0 saturated carbocycles. The third kappa shape index (κ3) is 1.84. The van der Waals surface area contributed by atoms with E-state index in [1.165, 1.54) is 5.56 Å². The smallest absolute Gasteiger partial charge is 0.0685 e. The molecular weight excluding hydrogens is 152 g/mol. The zero-order chi connectivity index (χ0) is 8.97. The second-order valence-corrected chi connectivity index (χ2v) is 2.77. The van der Waals surface area contributed by atoms with Gasteiger partial charge in [-0.1, -0.05) is 25.1 Å². The molecule has 2 heteroatoms. The largest absolute Gasteiger partial charge is 0.392 e. The summed E-state index contributed by atoms with van der Waals surface area (Å²) in [6.07, 6.45) is 0.957. The first kappa shape index (κ1) is 9.23. The van der Waals surface area contributed by atoms with Gasteiger partial charge in [-0.15, -0.1) is 0 Å². The molecule has 0 aromatic heterocycles. The Labute approximate surface area is 72.5 Å². The van der Waals surface area contributed by atoms with Crippen molar-refractivity contribution in [1.82, 2.24) is 0 Å². The van der Waals surface area contributed by atoms with Gasteiger partial charge in [0.25, 0.3) is 0 Å². The van der Waals surface area contributed by atoms with Gasteiger partial charge in [-0.3, -0.25) is 0 Å². The second kappa shape index (κ2) is 4.24. The minimum absolute atomic E-state index is 0.000111. The van der Waals surface area contributed by atoms with Crippen LogP contribution in [0, 0.1) is 0 Å². The van der Waals surface area contributed by atoms with E-state index in [1.54, 1.807) is 0 Å². The van der Waals surface area contributed by atoms with Crippen LogP contribution in [-0.4, -0.2) is 10.2 Å². The van der Waals surface area contributed by atoms with Gasteiger partial charge in [-0.05, 0) is 23.1 Å². The van der Waals surface area contributed by atoms with Gasteiger partial charge in [0.15, 0.2) is 0 Å². The average molecular weight is 166 g/mol. The fraction of sp³-hybridized carbons (Fsp3) is 0.400. The van der Waals surface area contributed by atoms with Gasteiger partial charge in [0.2, 0.25) is 0 Å². The number of benzene rings is 1. The fourth-order valence-electron chi connectivity index (χ4n) is 1.20. The Morgan fingerprint density at radius 3 is 2.25 bits per heavy atom. The minimum atomic E-state index is -0.000111. The summed E-state index contributed by atoms with van der Waals surface area (Å²) in [5.74, 6) is 0. The monoisotopic (exact) mass is 166 g/mol. The zero-order valence-corrected chi connectivity index (χ0v) is 7.25. The van der Waals surface area contributed by atoms with Gasteiger partial charge in [0, 0.05) is 0 Å². The van der Waals surface area contributed by atoms with E-state index in [0.717, 1.165) is 17.5 Å². The SMILES string of the molecule is CCc1ccc(CO)c(CO)c1. The quantitative estimate of drug-likeness (QED) is 0.709. The summed E-state index contributed by atoms with van der Waals surface area (Å²) in [7, 11) is 0. The molecule has 0 aliphatic heterocycles. The van der Waals surface area contributed by atoms with Gasteiger partial charge in [0.1, 0.15) is 0 Å². The van der Waals surface area contributed by atoms with Crippen molar-refractivity contribution in [2.24, 2.45) is 0 Å². The number of aryl methyl sites for hydroxylation is 1. The van der Waals surface area contributed by atoms with E-state index >= 15 is 0 Å². The molecule has 1 aromatic carbocycles. The molecule has 0 spiro atoms. The Kier molecular flexibility index (Phi) is 3.26. The summed E-state index contributed by atoms with van der Waals surface area (Å²) >= 11 is 0. The van der Waals surface area contributed by atoms with E-state index in [9.17, 15) is 0 Å². The van der Waals surface area contributed by atoms with Crippen LogP contribution < -0.4 is 0 Å². The number of hydrogen-bond acceptors (Lipinski definition) is 2. The van der Waals surface area contributed by atoms with Crippen molar-refractivity contribution in [2.75, 3.05) is 0 Å². The van der Waals surface area contributed by atoms with Crippen molar-refractivity contribution >= 4 is 0 Å². The van der Waals surface area contributed by atoms with Gasteiger partial charge in [-0.2, -0.15) is 0 Å². The highest BCUT2D eigenvalue weighted by Gasteiger charge is 2.00. The highest BCUT2D eigenvalue weighted by molar-refractivity contribution is 5.31. The van der Waals surface area contributed by atoms with Crippen LogP contribution in [0.3, 0.4) is 0 Å². The summed E-state index contributed by atoms with van der Waals surface area (Å²) < 4.78 is 0. The van der Waals surface area contributed by atoms with Crippen LogP contribution in [0.4, 0.5) is 0 Å². The van der Waals surface area contributed by atoms with E-state index < -0.39 is 0 Å². The molecule has 0 atom stereocenters. The summed E-state index contributed by atoms with van der Waals surface area (Å²) in [6.45, 7) is 2.07. The van der Waals surface area contributed by atoms with Crippen molar-refractivity contribution in [1.29, 1.82) is 0 Å². The maximum absolute atomic E-state index is 8.96. The lowest BCUT2D eigenvalue weighted by atomic mass is 10.0. The lowest BCUT2D eigenvalue weighted by Gasteiger charge is -2.05. The number of aliphatic hydroxyl groups excluding tert-OH is 2. The Bertz CT molecular complexity index is 256. The second-order valence-electron chi connectivity index (χ2n) is 2.77. The van der Waals surface area contributed by atoms with E-state index in [4.69, 9.17) is 10.2 Å². The van der Waals surface area contributed by atoms with Crippen LogP contribution in [0.25, 0.3) is 0 Å². The highest BCUT2D eigenvalue weighted by atomic mass is 16.3. The van der Waals surface area contributed by atoms with Crippen molar-refractivity contribution in [3.8, 4) is 0 Å². The Balaban J connectivity index is 3.02. The predicted molar refractivity (Wildman–Crippen MR) is 47.7 cm³/mol. The zero-order valence-electron chi connectivity index (χ0n) is 7.25. The maximum atomic E-state index is 8.96. The summed E-state index contributed by atoms with van der Waals surface area (Å²) in [5, 5.41) is 17.9. The highest BCUT2D eigenvalue weighted by Crippen LogP contribution is 2.12. The molecular formula is C10H14O2. The van der Waals surface area contributed by atoms with Crippen LogP contribution in [0.5, 0.6) is 0 Å². The first-order chi connectivity index (χ1) is 5.81. The Hall–Kier alpha value is -0.860. The normalized spacial score (nSPS) is 10.2. The number of aliphatic hydroxyl groups is 2. The minimum Gasteiger partial charge on any atom is -0.392 e. The molecule has 0 bridgehead atoms. The molecule has 66 valence electrons. The third-order valence-corrected chi connectivity index (χ3v) is 2.02. The van der Waals surface area contributed by atoms with Crippen molar-refractivity contribution in [3.63, 3.8) is 0 Å². The molecule has 0 radical (unpaired) electrons. The van der Waals surface area contributed by atoms with Gasteiger partial charge >= 0.3 is 0 Å². The molecule has 1 rings (SSSR count). The molecule has 0 fully saturated rings.